The van der Waals surface area contributed by atoms with Gasteiger partial charge in [-0.05, 0) is 36.2 Å². The molecule has 0 spiro atoms. The van der Waals surface area contributed by atoms with Crippen LogP contribution < -0.4 is 4.74 Å². The number of carbonyl (C=O) groups is 1. The van der Waals surface area contributed by atoms with Gasteiger partial charge in [-0.2, -0.15) is 0 Å². The van der Waals surface area contributed by atoms with Crippen LogP contribution in [-0.2, 0) is 6.61 Å². The third-order valence-electron chi connectivity index (χ3n) is 2.82. The van der Waals surface area contributed by atoms with Crippen molar-refractivity contribution in [3.63, 3.8) is 0 Å². The molecule has 19 heavy (non-hydrogen) atoms. The zero-order chi connectivity index (χ0) is 13.8. The molecule has 0 heterocycles. The van der Waals surface area contributed by atoms with Gasteiger partial charge in [0.15, 0.2) is 0 Å². The Morgan fingerprint density at radius 3 is 2.68 bits per heavy atom. The Morgan fingerprint density at radius 2 is 2.00 bits per heavy atom. The Labute approximate surface area is 116 Å². The van der Waals surface area contributed by atoms with E-state index < -0.39 is 5.97 Å². The van der Waals surface area contributed by atoms with E-state index in [1.807, 2.05) is 31.2 Å². The van der Waals surface area contributed by atoms with Crippen LogP contribution in [-0.4, -0.2) is 11.1 Å². The third-order valence-corrected chi connectivity index (χ3v) is 3.15. The zero-order valence-electron chi connectivity index (χ0n) is 10.4. The van der Waals surface area contributed by atoms with Crippen LogP contribution >= 0.6 is 11.6 Å². The van der Waals surface area contributed by atoms with Crippen molar-refractivity contribution in [2.75, 3.05) is 0 Å². The molecule has 0 atom stereocenters. The summed E-state index contributed by atoms with van der Waals surface area (Å²) in [5.74, 6) is -0.573. The van der Waals surface area contributed by atoms with Crippen molar-refractivity contribution in [2.45, 2.75) is 13.5 Å². The molecule has 3 nitrogen and oxygen atoms in total. The van der Waals surface area contributed by atoms with Gasteiger partial charge in [0.1, 0.15) is 12.4 Å². The Balaban J connectivity index is 2.14. The van der Waals surface area contributed by atoms with Gasteiger partial charge in [-0.25, -0.2) is 4.79 Å². The van der Waals surface area contributed by atoms with Crippen molar-refractivity contribution in [3.8, 4) is 5.75 Å². The van der Waals surface area contributed by atoms with E-state index in [-0.39, 0.29) is 10.6 Å². The molecule has 2 aromatic rings. The second-order valence-electron chi connectivity index (χ2n) is 4.16. The van der Waals surface area contributed by atoms with Gasteiger partial charge in [0.2, 0.25) is 0 Å². The molecule has 0 saturated heterocycles. The van der Waals surface area contributed by atoms with Crippen LogP contribution in [0.3, 0.4) is 0 Å². The highest BCUT2D eigenvalue weighted by atomic mass is 35.5. The highest BCUT2D eigenvalue weighted by molar-refractivity contribution is 6.33. The van der Waals surface area contributed by atoms with E-state index in [1.165, 1.54) is 12.1 Å². The number of hydrogen-bond donors (Lipinski definition) is 1. The maximum Gasteiger partial charge on any atom is 0.337 e. The molecular formula is C15H13ClO3. The van der Waals surface area contributed by atoms with Crippen molar-refractivity contribution in [2.24, 2.45) is 0 Å². The van der Waals surface area contributed by atoms with Crippen molar-refractivity contribution < 1.29 is 14.6 Å². The molecular weight excluding hydrogens is 264 g/mol. The summed E-state index contributed by atoms with van der Waals surface area (Å²) in [6, 6.07) is 12.5. The lowest BCUT2D eigenvalue weighted by molar-refractivity contribution is 0.0696. The van der Waals surface area contributed by atoms with Gasteiger partial charge >= 0.3 is 5.97 Å². The Morgan fingerprint density at radius 1 is 1.26 bits per heavy atom. The monoisotopic (exact) mass is 276 g/mol. The predicted octanol–water partition coefficient (Wildman–Crippen LogP) is 3.93. The summed E-state index contributed by atoms with van der Waals surface area (Å²) in [4.78, 5) is 11.0. The van der Waals surface area contributed by atoms with E-state index in [0.29, 0.717) is 12.4 Å². The van der Waals surface area contributed by atoms with E-state index >= 15 is 0 Å². The molecule has 0 aliphatic heterocycles. The van der Waals surface area contributed by atoms with Gasteiger partial charge in [0, 0.05) is 0 Å². The molecule has 4 heteroatoms. The lowest BCUT2D eigenvalue weighted by atomic mass is 10.1. The SMILES string of the molecule is Cc1ccccc1COc1ccc(Cl)c(C(=O)O)c1. The second-order valence-corrected chi connectivity index (χ2v) is 4.57. The van der Waals surface area contributed by atoms with Gasteiger partial charge in [-0.3, -0.25) is 0 Å². The summed E-state index contributed by atoms with van der Waals surface area (Å²) >= 11 is 5.80. The van der Waals surface area contributed by atoms with E-state index in [0.717, 1.165) is 11.1 Å². The first-order valence-corrected chi connectivity index (χ1v) is 6.16. The van der Waals surface area contributed by atoms with Crippen LogP contribution in [0, 0.1) is 6.92 Å². The van der Waals surface area contributed by atoms with Crippen LogP contribution in [0.4, 0.5) is 0 Å². The number of rotatable bonds is 4. The normalized spacial score (nSPS) is 10.2. The van der Waals surface area contributed by atoms with Gasteiger partial charge in [0.25, 0.3) is 0 Å². The topological polar surface area (TPSA) is 46.5 Å². The Bertz CT molecular complexity index is 608. The average Bonchev–Trinajstić information content (AvgIpc) is 2.39. The van der Waals surface area contributed by atoms with Gasteiger partial charge in [-0.15, -0.1) is 0 Å². The van der Waals surface area contributed by atoms with Crippen molar-refractivity contribution in [1.82, 2.24) is 0 Å². The first-order valence-electron chi connectivity index (χ1n) is 5.78. The molecule has 2 rings (SSSR count). The molecule has 0 fully saturated rings. The molecule has 0 bridgehead atoms. The fourth-order valence-corrected chi connectivity index (χ4v) is 1.89. The Kier molecular flexibility index (Phi) is 4.07. The number of aryl methyl sites for hydroxylation is 1. The van der Waals surface area contributed by atoms with Gasteiger partial charge < -0.3 is 9.84 Å². The molecule has 0 aromatic heterocycles. The van der Waals surface area contributed by atoms with E-state index in [1.54, 1.807) is 6.07 Å². The van der Waals surface area contributed by atoms with Gasteiger partial charge in [0.05, 0.1) is 10.6 Å². The van der Waals surface area contributed by atoms with E-state index in [4.69, 9.17) is 21.4 Å². The predicted molar refractivity (Wildman–Crippen MR) is 73.9 cm³/mol. The first-order chi connectivity index (χ1) is 9.08. The van der Waals surface area contributed by atoms with E-state index in [9.17, 15) is 4.79 Å². The number of halogens is 1. The van der Waals surface area contributed by atoms with Crippen molar-refractivity contribution in [3.05, 3.63) is 64.2 Å². The molecule has 0 amide bonds. The minimum Gasteiger partial charge on any atom is -0.489 e. The lowest BCUT2D eigenvalue weighted by Gasteiger charge is -2.09. The molecule has 0 saturated carbocycles. The Hall–Kier alpha value is -2.00. The van der Waals surface area contributed by atoms with Crippen molar-refractivity contribution >= 4 is 17.6 Å². The maximum absolute atomic E-state index is 11.0. The fraction of sp³-hybridized carbons (Fsp3) is 0.133. The number of ether oxygens (including phenoxy) is 1. The zero-order valence-corrected chi connectivity index (χ0v) is 11.1. The quantitative estimate of drug-likeness (QED) is 0.920. The summed E-state index contributed by atoms with van der Waals surface area (Å²) < 4.78 is 5.60. The summed E-state index contributed by atoms with van der Waals surface area (Å²) in [7, 11) is 0. The number of carboxylic acid groups (broad SMARTS) is 1. The molecule has 1 N–H and O–H groups in total. The molecule has 0 radical (unpaired) electrons. The largest absolute Gasteiger partial charge is 0.489 e. The van der Waals surface area contributed by atoms with Crippen LogP contribution in [0.25, 0.3) is 0 Å². The summed E-state index contributed by atoms with van der Waals surface area (Å²) in [5.41, 5.74) is 2.24. The minimum absolute atomic E-state index is 0.0453. The van der Waals surface area contributed by atoms with Gasteiger partial charge in [-0.1, -0.05) is 35.9 Å². The molecule has 0 aliphatic rings. The standard InChI is InChI=1S/C15H13ClO3/c1-10-4-2-3-5-11(10)9-19-12-6-7-14(16)13(8-12)15(17)18/h2-8H,9H2,1H3,(H,17,18). The fourth-order valence-electron chi connectivity index (χ4n) is 1.69. The summed E-state index contributed by atoms with van der Waals surface area (Å²) in [6.45, 7) is 2.40. The highest BCUT2D eigenvalue weighted by Gasteiger charge is 2.10. The lowest BCUT2D eigenvalue weighted by Crippen LogP contribution is -2.01. The van der Waals surface area contributed by atoms with Crippen LogP contribution in [0.1, 0.15) is 21.5 Å². The molecule has 98 valence electrons. The second kappa shape index (κ2) is 5.76. The summed E-state index contributed by atoms with van der Waals surface area (Å²) in [5, 5.41) is 9.18. The number of carboxylic acids is 1. The van der Waals surface area contributed by atoms with Crippen LogP contribution in [0.2, 0.25) is 5.02 Å². The van der Waals surface area contributed by atoms with Crippen molar-refractivity contribution in [1.29, 1.82) is 0 Å². The first kappa shape index (κ1) is 13.4. The van der Waals surface area contributed by atoms with Crippen LogP contribution in [0.5, 0.6) is 5.75 Å². The molecule has 0 unspecified atom stereocenters. The maximum atomic E-state index is 11.0. The summed E-state index contributed by atoms with van der Waals surface area (Å²) in [6.07, 6.45) is 0. The van der Waals surface area contributed by atoms with E-state index in [2.05, 4.69) is 0 Å². The minimum atomic E-state index is -1.06. The number of aromatic carboxylic acids is 1. The smallest absolute Gasteiger partial charge is 0.337 e. The molecule has 2 aromatic carbocycles. The highest BCUT2D eigenvalue weighted by Crippen LogP contribution is 2.23. The molecule has 0 aliphatic carbocycles. The third kappa shape index (κ3) is 3.26. The number of hydrogen-bond acceptors (Lipinski definition) is 2. The average molecular weight is 277 g/mol. The van der Waals surface area contributed by atoms with Crippen LogP contribution in [0.15, 0.2) is 42.5 Å². The number of benzene rings is 2.